The molecule has 1 fully saturated rings. The van der Waals surface area contributed by atoms with Crippen molar-refractivity contribution in [2.75, 3.05) is 7.05 Å². The van der Waals surface area contributed by atoms with Gasteiger partial charge in [0.15, 0.2) is 5.54 Å². The van der Waals surface area contributed by atoms with Crippen LogP contribution in [0.2, 0.25) is 0 Å². The lowest BCUT2D eigenvalue weighted by molar-refractivity contribution is -0.129. The normalized spacial score (nSPS) is 20.1. The van der Waals surface area contributed by atoms with Gasteiger partial charge in [0.1, 0.15) is 5.75 Å². The summed E-state index contributed by atoms with van der Waals surface area (Å²) in [6, 6.07) is 3.86. The van der Waals surface area contributed by atoms with E-state index >= 15 is 0 Å². The number of allylic oxidation sites excluding steroid dienone is 7. The molecule has 1 aromatic carbocycles. The first kappa shape index (κ1) is 26.4. The molecule has 8 heteroatoms. The van der Waals surface area contributed by atoms with Gasteiger partial charge in [0.2, 0.25) is 0 Å². The van der Waals surface area contributed by atoms with Crippen molar-refractivity contribution in [1.82, 2.24) is 10.2 Å². The second-order valence-electron chi connectivity index (χ2n) is 7.57. The van der Waals surface area contributed by atoms with E-state index in [4.69, 9.17) is 0 Å². The number of benzene rings is 1. The van der Waals surface area contributed by atoms with Gasteiger partial charge in [-0.2, -0.15) is 8.78 Å². The molecule has 1 N–H and O–H groups in total. The molecule has 1 unspecified atom stereocenters. The van der Waals surface area contributed by atoms with Crippen LogP contribution in [-0.2, 0) is 10.3 Å². The average Bonchev–Trinajstić information content (AvgIpc) is 3.03. The van der Waals surface area contributed by atoms with Gasteiger partial charge in [-0.1, -0.05) is 43.0 Å². The van der Waals surface area contributed by atoms with Crippen LogP contribution in [0.3, 0.4) is 0 Å². The summed E-state index contributed by atoms with van der Waals surface area (Å²) in [6.45, 7) is 7.85. The van der Waals surface area contributed by atoms with Crippen LogP contribution in [0.25, 0.3) is 0 Å². The van der Waals surface area contributed by atoms with Gasteiger partial charge in [0, 0.05) is 19.5 Å². The van der Waals surface area contributed by atoms with Gasteiger partial charge in [-0.15, -0.1) is 0 Å². The number of imide groups is 1. The minimum absolute atomic E-state index is 0.0105. The van der Waals surface area contributed by atoms with E-state index in [1.807, 2.05) is 25.2 Å². The Morgan fingerprint density at radius 2 is 1.97 bits per heavy atom. The summed E-state index contributed by atoms with van der Waals surface area (Å²) in [5.41, 5.74) is 1.21. The minimum Gasteiger partial charge on any atom is -0.435 e. The standard InChI is InChI=1S/C26H29F2N3O3/c1-7-10-11-20(19(8-2)16-29-9-3)15-18(5)26(23(32)31(6)25(33)30-26)21-12-13-22(17(4)14-21)34-24(27)28/h7-16,24H,2H2,1,3-6H3,(H,30,33)/b10-7-,18-15+,19-16+,20-11+,29-9-. The summed E-state index contributed by atoms with van der Waals surface area (Å²) in [4.78, 5) is 31.1. The summed E-state index contributed by atoms with van der Waals surface area (Å²) >= 11 is 0. The maximum atomic E-state index is 13.4. The molecule has 180 valence electrons. The van der Waals surface area contributed by atoms with Crippen LogP contribution in [-0.4, -0.2) is 36.7 Å². The Balaban J connectivity index is 2.75. The van der Waals surface area contributed by atoms with E-state index in [1.165, 1.54) is 19.2 Å². The van der Waals surface area contributed by atoms with E-state index in [-0.39, 0.29) is 5.75 Å². The topological polar surface area (TPSA) is 71.0 Å². The summed E-state index contributed by atoms with van der Waals surface area (Å²) in [5.74, 6) is -0.502. The van der Waals surface area contributed by atoms with Gasteiger partial charge in [0.05, 0.1) is 0 Å². The summed E-state index contributed by atoms with van der Waals surface area (Å²) in [6.07, 6.45) is 12.2. The second-order valence-corrected chi connectivity index (χ2v) is 7.57. The number of nitrogens with zero attached hydrogens (tertiary/aromatic N) is 2. The Morgan fingerprint density at radius 3 is 2.47 bits per heavy atom. The fourth-order valence-corrected chi connectivity index (χ4v) is 3.61. The molecule has 2 rings (SSSR count). The van der Waals surface area contributed by atoms with Crippen LogP contribution in [0.4, 0.5) is 13.6 Å². The molecule has 6 nitrogen and oxygen atoms in total. The highest BCUT2D eigenvalue weighted by Crippen LogP contribution is 2.38. The average molecular weight is 470 g/mol. The molecular formula is C26H29F2N3O3. The van der Waals surface area contributed by atoms with E-state index in [0.717, 1.165) is 4.90 Å². The van der Waals surface area contributed by atoms with Gasteiger partial charge in [-0.3, -0.25) is 14.7 Å². The van der Waals surface area contributed by atoms with E-state index < -0.39 is 24.1 Å². The minimum atomic E-state index is -2.98. The SMILES string of the molecule is C=CC(=C\N=C/C)/C(=C/C=C\C)/C=C(\C)C1(c2ccc(OC(F)F)c(C)c2)NC(=O)N(C)C1=O. The molecule has 1 saturated heterocycles. The van der Waals surface area contributed by atoms with E-state index in [1.54, 1.807) is 51.4 Å². The van der Waals surface area contributed by atoms with Crippen LogP contribution in [0.1, 0.15) is 31.9 Å². The fraction of sp³-hybridized carbons (Fsp3) is 0.269. The molecule has 1 aliphatic rings. The third-order valence-corrected chi connectivity index (χ3v) is 5.40. The highest BCUT2D eigenvalue weighted by Gasteiger charge is 2.52. The van der Waals surface area contributed by atoms with Crippen molar-refractivity contribution in [3.8, 4) is 5.75 Å². The number of urea groups is 1. The van der Waals surface area contributed by atoms with Crippen molar-refractivity contribution in [3.05, 3.63) is 89.2 Å². The predicted octanol–water partition coefficient (Wildman–Crippen LogP) is 5.58. The largest absolute Gasteiger partial charge is 0.435 e. The van der Waals surface area contributed by atoms with Gasteiger partial charge in [-0.25, -0.2) is 4.79 Å². The van der Waals surface area contributed by atoms with Crippen molar-refractivity contribution in [2.24, 2.45) is 4.99 Å². The van der Waals surface area contributed by atoms with Gasteiger partial charge in [-0.05, 0) is 67.7 Å². The van der Waals surface area contributed by atoms with Gasteiger partial charge >= 0.3 is 12.6 Å². The first-order valence-electron chi connectivity index (χ1n) is 10.6. The lowest BCUT2D eigenvalue weighted by Gasteiger charge is -2.29. The number of rotatable bonds is 9. The van der Waals surface area contributed by atoms with Gasteiger partial charge in [0.25, 0.3) is 5.91 Å². The molecule has 0 bridgehead atoms. The second kappa shape index (κ2) is 11.4. The molecule has 0 aromatic heterocycles. The number of amides is 3. The fourth-order valence-electron chi connectivity index (χ4n) is 3.61. The molecule has 1 aliphatic heterocycles. The molecule has 1 atom stereocenters. The molecular weight excluding hydrogens is 440 g/mol. The molecule has 0 radical (unpaired) electrons. The van der Waals surface area contributed by atoms with Crippen molar-refractivity contribution >= 4 is 18.2 Å². The number of likely N-dealkylation sites (N-methyl/N-ethyl adjacent to an activating group) is 1. The number of carbonyl (C=O) groups is 2. The molecule has 0 aliphatic carbocycles. The number of nitrogens with one attached hydrogen (secondary N) is 1. The zero-order chi connectivity index (χ0) is 25.5. The molecule has 0 spiro atoms. The molecule has 0 saturated carbocycles. The Kier molecular flexibility index (Phi) is 8.83. The maximum absolute atomic E-state index is 13.4. The number of alkyl halides is 2. The lowest BCUT2D eigenvalue weighted by atomic mass is 9.81. The molecule has 3 amide bonds. The number of aryl methyl sites for hydroxylation is 1. The molecule has 1 heterocycles. The van der Waals surface area contributed by atoms with E-state index in [2.05, 4.69) is 21.6 Å². The summed E-state index contributed by atoms with van der Waals surface area (Å²) in [7, 11) is 1.38. The molecule has 1 aromatic rings. The third kappa shape index (κ3) is 5.39. The van der Waals surface area contributed by atoms with Crippen molar-refractivity contribution in [2.45, 2.75) is 39.8 Å². The summed E-state index contributed by atoms with van der Waals surface area (Å²) < 4.78 is 30.0. The van der Waals surface area contributed by atoms with E-state index in [0.29, 0.717) is 27.8 Å². The smallest absolute Gasteiger partial charge is 0.387 e. The van der Waals surface area contributed by atoms with Crippen LogP contribution >= 0.6 is 0 Å². The first-order chi connectivity index (χ1) is 16.1. The van der Waals surface area contributed by atoms with E-state index in [9.17, 15) is 18.4 Å². The van der Waals surface area contributed by atoms with Crippen molar-refractivity contribution in [3.63, 3.8) is 0 Å². The van der Waals surface area contributed by atoms with Crippen molar-refractivity contribution < 1.29 is 23.1 Å². The number of hydrogen-bond donors (Lipinski definition) is 1. The van der Waals surface area contributed by atoms with Crippen LogP contribution in [0.5, 0.6) is 5.75 Å². The monoisotopic (exact) mass is 469 g/mol. The highest BCUT2D eigenvalue weighted by molar-refractivity contribution is 6.09. The van der Waals surface area contributed by atoms with Crippen LogP contribution in [0, 0.1) is 6.92 Å². The van der Waals surface area contributed by atoms with Gasteiger partial charge < -0.3 is 10.1 Å². The number of carbonyl (C=O) groups excluding carboxylic acids is 2. The lowest BCUT2D eigenvalue weighted by Crippen LogP contribution is -2.45. The van der Waals surface area contributed by atoms with Crippen molar-refractivity contribution in [1.29, 1.82) is 0 Å². The Hall–Kier alpha value is -3.81. The zero-order valence-electron chi connectivity index (χ0n) is 19.9. The predicted molar refractivity (Wildman–Crippen MR) is 130 cm³/mol. The quantitative estimate of drug-likeness (QED) is 0.291. The Labute approximate surface area is 198 Å². The van der Waals surface area contributed by atoms with Crippen LogP contribution in [0.15, 0.2) is 83.1 Å². The molecule has 34 heavy (non-hydrogen) atoms. The highest BCUT2D eigenvalue weighted by atomic mass is 19.3. The number of ether oxygens (including phenoxy) is 1. The summed E-state index contributed by atoms with van der Waals surface area (Å²) in [5, 5.41) is 2.79. The Bertz CT molecular complexity index is 1120. The zero-order valence-corrected chi connectivity index (χ0v) is 19.9. The maximum Gasteiger partial charge on any atom is 0.387 e. The first-order valence-corrected chi connectivity index (χ1v) is 10.6. The number of halogens is 2. The number of hydrogen-bond acceptors (Lipinski definition) is 4. The van der Waals surface area contributed by atoms with Crippen LogP contribution < -0.4 is 10.1 Å². The third-order valence-electron chi connectivity index (χ3n) is 5.40. The Morgan fingerprint density at radius 1 is 1.26 bits per heavy atom. The number of aliphatic imine (C=N–C) groups is 1.